The highest BCUT2D eigenvalue weighted by molar-refractivity contribution is 9.10. The molecule has 2 aromatic rings. The van der Waals surface area contributed by atoms with Gasteiger partial charge in [0.15, 0.2) is 0 Å². The molecule has 0 heterocycles. The number of aryl methyl sites for hydroxylation is 1. The van der Waals surface area contributed by atoms with Crippen molar-refractivity contribution in [1.29, 1.82) is 0 Å². The maximum atomic E-state index is 13.5. The lowest BCUT2D eigenvalue weighted by Gasteiger charge is -2.21. The Morgan fingerprint density at radius 3 is 2.61 bits per heavy atom. The molecular formula is C21H22BrF3NO4P. The summed E-state index contributed by atoms with van der Waals surface area (Å²) in [4.78, 5) is 0. The Kier molecular flexibility index (Phi) is 9.65. The van der Waals surface area contributed by atoms with Gasteiger partial charge >= 0.3 is 14.9 Å². The van der Waals surface area contributed by atoms with E-state index < -0.39 is 32.6 Å². The zero-order valence-electron chi connectivity index (χ0n) is 16.4. The Morgan fingerprint density at radius 2 is 1.97 bits per heavy atom. The summed E-state index contributed by atoms with van der Waals surface area (Å²) in [5.74, 6) is -0.256. The molecule has 2 rings (SSSR count). The minimum absolute atomic E-state index is 0.132. The minimum Gasteiger partial charge on any atom is -0.493 e. The highest BCUT2D eigenvalue weighted by atomic mass is 79.9. The van der Waals surface area contributed by atoms with Crippen LogP contribution in [0.3, 0.4) is 0 Å². The summed E-state index contributed by atoms with van der Waals surface area (Å²) in [5.41, 5.74) is 4.86. The fourth-order valence-electron chi connectivity index (χ4n) is 2.70. The van der Waals surface area contributed by atoms with Gasteiger partial charge in [0.1, 0.15) is 5.75 Å². The fraction of sp³-hybridized carbons (Fsp3) is 0.333. The van der Waals surface area contributed by atoms with Crippen molar-refractivity contribution in [3.05, 3.63) is 69.7 Å². The third-order valence-electron chi connectivity index (χ3n) is 4.35. The van der Waals surface area contributed by atoms with Crippen molar-refractivity contribution in [2.24, 2.45) is 5.73 Å². The van der Waals surface area contributed by atoms with Crippen LogP contribution < -0.4 is 10.5 Å². The summed E-state index contributed by atoms with van der Waals surface area (Å²) in [6.45, 7) is -0.673. The van der Waals surface area contributed by atoms with Gasteiger partial charge in [0.05, 0.1) is 30.9 Å². The van der Waals surface area contributed by atoms with Crippen LogP contribution in [-0.2, 0) is 21.7 Å². The van der Waals surface area contributed by atoms with Gasteiger partial charge in [-0.25, -0.2) is 4.57 Å². The molecule has 0 saturated heterocycles. The molecule has 3 N–H and O–H groups in total. The number of aliphatic hydroxyl groups excluding tert-OH is 1. The first kappa shape index (κ1) is 25.5. The first-order valence-corrected chi connectivity index (χ1v) is 10.8. The molecule has 0 aliphatic carbocycles. The Labute approximate surface area is 188 Å². The molecular weight excluding hydrogens is 498 g/mol. The third kappa shape index (κ3) is 8.35. The van der Waals surface area contributed by atoms with Crippen LogP contribution in [0, 0.1) is 0 Å². The number of hydrogen-bond donors (Lipinski definition) is 2. The van der Waals surface area contributed by atoms with Crippen LogP contribution in [0.15, 0.2) is 53.0 Å². The van der Waals surface area contributed by atoms with Crippen molar-refractivity contribution >= 4 is 30.7 Å². The van der Waals surface area contributed by atoms with Gasteiger partial charge in [0, 0.05) is 4.47 Å². The highest BCUT2D eigenvalue weighted by Gasteiger charge is 2.34. The summed E-state index contributed by atoms with van der Waals surface area (Å²) < 4.78 is 62.0. The van der Waals surface area contributed by atoms with E-state index in [0.29, 0.717) is 12.8 Å². The molecule has 2 aromatic carbocycles. The lowest BCUT2D eigenvalue weighted by atomic mass is 10.0. The van der Waals surface area contributed by atoms with Crippen LogP contribution in [0.2, 0.25) is 0 Å². The number of halogens is 4. The zero-order chi connectivity index (χ0) is 22.9. The summed E-state index contributed by atoms with van der Waals surface area (Å²) in [6.07, 6.45) is -0.725. The van der Waals surface area contributed by atoms with Crippen LogP contribution in [0.25, 0.3) is 6.08 Å². The summed E-state index contributed by atoms with van der Waals surface area (Å²) in [5, 5.41) is 9.37. The van der Waals surface area contributed by atoms with Gasteiger partial charge in [-0.05, 0) is 48.2 Å². The van der Waals surface area contributed by atoms with Crippen molar-refractivity contribution in [2.45, 2.75) is 24.6 Å². The number of ether oxygens (including phenoxy) is 1. The summed E-state index contributed by atoms with van der Waals surface area (Å²) in [7, 11) is -0.610. The molecule has 0 aliphatic heterocycles. The number of alkyl halides is 3. The molecule has 168 valence electrons. The first-order valence-electron chi connectivity index (χ1n) is 9.29. The van der Waals surface area contributed by atoms with Gasteiger partial charge in [0.25, 0.3) is 0 Å². The smallest absolute Gasteiger partial charge is 0.419 e. The van der Waals surface area contributed by atoms with Crippen LogP contribution in [0.5, 0.6) is 5.75 Å². The van der Waals surface area contributed by atoms with E-state index in [0.717, 1.165) is 16.1 Å². The van der Waals surface area contributed by atoms with Gasteiger partial charge in [0.2, 0.25) is 0 Å². The quantitative estimate of drug-likeness (QED) is 0.306. The number of benzene rings is 2. The molecule has 10 heteroatoms. The SMILES string of the molecule is NC(C=Cc1ccc(OCCCc2cccc(Br)c2)c(C(F)(F)F)c1)(CO)COP=O. The van der Waals surface area contributed by atoms with E-state index >= 15 is 0 Å². The lowest BCUT2D eigenvalue weighted by Crippen LogP contribution is -2.45. The van der Waals surface area contributed by atoms with Gasteiger partial charge in [-0.1, -0.05) is 46.3 Å². The molecule has 0 aromatic heterocycles. The first-order chi connectivity index (χ1) is 14.7. The van der Waals surface area contributed by atoms with Crippen LogP contribution in [0.1, 0.15) is 23.1 Å². The lowest BCUT2D eigenvalue weighted by molar-refractivity contribution is -0.139. The van der Waals surface area contributed by atoms with E-state index in [1.807, 2.05) is 24.3 Å². The summed E-state index contributed by atoms with van der Waals surface area (Å²) >= 11 is 3.38. The highest BCUT2D eigenvalue weighted by Crippen LogP contribution is 2.37. The Hall–Kier alpha value is -1.77. The number of aliphatic hydroxyl groups is 1. The van der Waals surface area contributed by atoms with Crippen LogP contribution in [-0.4, -0.2) is 30.5 Å². The van der Waals surface area contributed by atoms with Crippen molar-refractivity contribution in [3.63, 3.8) is 0 Å². The van der Waals surface area contributed by atoms with Gasteiger partial charge in [-0.2, -0.15) is 13.2 Å². The molecule has 0 amide bonds. The van der Waals surface area contributed by atoms with Gasteiger partial charge in [-0.3, -0.25) is 4.52 Å². The topological polar surface area (TPSA) is 81.8 Å². The maximum absolute atomic E-state index is 13.5. The standard InChI is InChI=1S/C21H22BrF3NO4P/c22-17-5-1-3-15(11-17)4-2-10-29-19-7-6-16(12-18(19)21(23,24)25)8-9-20(26,13-27)14-30-31-28/h1,3,5-9,11-12,27H,2,4,10,13-14,26H2. The second kappa shape index (κ2) is 11.7. The summed E-state index contributed by atoms with van der Waals surface area (Å²) in [6, 6.07) is 11.4. The predicted octanol–water partition coefficient (Wildman–Crippen LogP) is 5.41. The number of nitrogens with two attached hydrogens (primary N) is 1. The second-order valence-electron chi connectivity index (χ2n) is 6.91. The Balaban J connectivity index is 2.08. The number of hydrogen-bond acceptors (Lipinski definition) is 5. The van der Waals surface area contributed by atoms with E-state index in [1.165, 1.54) is 24.3 Å². The van der Waals surface area contributed by atoms with Gasteiger partial charge < -0.3 is 15.6 Å². The molecule has 5 nitrogen and oxygen atoms in total. The molecule has 0 fully saturated rings. The van der Waals surface area contributed by atoms with Crippen molar-refractivity contribution in [3.8, 4) is 5.75 Å². The van der Waals surface area contributed by atoms with Crippen LogP contribution >= 0.6 is 24.6 Å². The Morgan fingerprint density at radius 1 is 1.19 bits per heavy atom. The minimum atomic E-state index is -4.61. The largest absolute Gasteiger partial charge is 0.493 e. The second-order valence-corrected chi connectivity index (χ2v) is 8.23. The van der Waals surface area contributed by atoms with E-state index in [2.05, 4.69) is 20.5 Å². The fourth-order valence-corrected chi connectivity index (χ4v) is 3.44. The molecule has 0 radical (unpaired) electrons. The average Bonchev–Trinajstić information content (AvgIpc) is 2.73. The van der Waals surface area contributed by atoms with E-state index in [1.54, 1.807) is 0 Å². The van der Waals surface area contributed by atoms with E-state index in [4.69, 9.17) is 10.5 Å². The molecule has 0 saturated carbocycles. The zero-order valence-corrected chi connectivity index (χ0v) is 18.9. The normalized spacial score (nSPS) is 14.1. The van der Waals surface area contributed by atoms with E-state index in [9.17, 15) is 22.8 Å². The monoisotopic (exact) mass is 519 g/mol. The molecule has 0 bridgehead atoms. The molecule has 0 aliphatic rings. The average molecular weight is 520 g/mol. The van der Waals surface area contributed by atoms with Gasteiger partial charge in [-0.15, -0.1) is 0 Å². The molecule has 1 atom stereocenters. The maximum Gasteiger partial charge on any atom is 0.419 e. The van der Waals surface area contributed by atoms with Crippen LogP contribution in [0.4, 0.5) is 13.2 Å². The predicted molar refractivity (Wildman–Crippen MR) is 116 cm³/mol. The Bertz CT molecular complexity index is 910. The van der Waals surface area contributed by atoms with E-state index in [-0.39, 0.29) is 24.5 Å². The molecule has 1 unspecified atom stereocenters. The molecule has 31 heavy (non-hydrogen) atoms. The molecule has 0 spiro atoms. The van der Waals surface area contributed by atoms with Crippen molar-refractivity contribution in [1.82, 2.24) is 0 Å². The number of rotatable bonds is 11. The van der Waals surface area contributed by atoms with Crippen molar-refractivity contribution < 1.29 is 32.1 Å². The van der Waals surface area contributed by atoms with Crippen molar-refractivity contribution in [2.75, 3.05) is 19.8 Å². The third-order valence-corrected chi connectivity index (χ3v) is 5.08.